The summed E-state index contributed by atoms with van der Waals surface area (Å²) in [6, 6.07) is 16.5. The number of benzene rings is 2. The van der Waals surface area contributed by atoms with Crippen LogP contribution in [0.25, 0.3) is 0 Å². The van der Waals surface area contributed by atoms with E-state index in [1.807, 2.05) is 24.3 Å². The Labute approximate surface area is 113 Å². The molecule has 19 heavy (non-hydrogen) atoms. The number of methoxy groups -OCH3 is 1. The molecule has 0 bridgehead atoms. The van der Waals surface area contributed by atoms with Crippen LogP contribution < -0.4 is 4.74 Å². The summed E-state index contributed by atoms with van der Waals surface area (Å²) in [6.45, 7) is 0. The van der Waals surface area contributed by atoms with Gasteiger partial charge in [0.15, 0.2) is 0 Å². The molecule has 0 aromatic heterocycles. The predicted molar refractivity (Wildman–Crippen MR) is 78.6 cm³/mol. The molecule has 0 atom stereocenters. The van der Waals surface area contributed by atoms with Gasteiger partial charge in [0.25, 0.3) is 0 Å². The Morgan fingerprint density at radius 2 is 1.74 bits per heavy atom. The molecule has 2 aromatic carbocycles. The number of nitrogens with zero attached hydrogens (tertiary/aromatic N) is 1. The van der Waals surface area contributed by atoms with E-state index in [2.05, 4.69) is 24.3 Å². The lowest BCUT2D eigenvalue weighted by molar-refractivity contribution is 0.415. The van der Waals surface area contributed by atoms with Gasteiger partial charge in [-0.1, -0.05) is 24.3 Å². The van der Waals surface area contributed by atoms with Gasteiger partial charge in [-0.3, -0.25) is 4.99 Å². The number of rotatable bonds is 2. The molecule has 1 aliphatic carbocycles. The van der Waals surface area contributed by atoms with Gasteiger partial charge in [-0.25, -0.2) is 0 Å². The Kier molecular flexibility index (Phi) is 3.32. The maximum Gasteiger partial charge on any atom is 0.119 e. The molecule has 0 aliphatic heterocycles. The summed E-state index contributed by atoms with van der Waals surface area (Å²) in [6.07, 6.45) is 3.41. The fourth-order valence-electron chi connectivity index (χ4n) is 2.53. The van der Waals surface area contributed by atoms with Crippen LogP contribution in [-0.2, 0) is 6.42 Å². The van der Waals surface area contributed by atoms with Crippen molar-refractivity contribution in [1.82, 2.24) is 0 Å². The highest BCUT2D eigenvalue weighted by atomic mass is 16.5. The fourth-order valence-corrected chi connectivity index (χ4v) is 2.53. The van der Waals surface area contributed by atoms with Crippen LogP contribution in [0.2, 0.25) is 0 Å². The first kappa shape index (κ1) is 12.0. The molecular formula is C17H17NO. The molecule has 0 saturated carbocycles. The van der Waals surface area contributed by atoms with Gasteiger partial charge in [-0.05, 0) is 54.7 Å². The Hall–Kier alpha value is -2.09. The third kappa shape index (κ3) is 2.53. The fraction of sp³-hybridized carbons (Fsp3) is 0.235. The number of aliphatic imine (C=N–C) groups is 1. The summed E-state index contributed by atoms with van der Waals surface area (Å²) in [5.74, 6) is 0.869. The van der Waals surface area contributed by atoms with E-state index in [0.717, 1.165) is 24.3 Å². The zero-order valence-corrected chi connectivity index (χ0v) is 11.1. The maximum absolute atomic E-state index is 5.17. The zero-order chi connectivity index (χ0) is 13.1. The van der Waals surface area contributed by atoms with Crippen molar-refractivity contribution in [3.05, 3.63) is 59.7 Å². The van der Waals surface area contributed by atoms with E-state index in [-0.39, 0.29) is 0 Å². The van der Waals surface area contributed by atoms with Crippen molar-refractivity contribution in [3.8, 4) is 5.75 Å². The van der Waals surface area contributed by atoms with Crippen LogP contribution in [0.15, 0.2) is 53.5 Å². The molecule has 1 aliphatic rings. The summed E-state index contributed by atoms with van der Waals surface area (Å²) in [5, 5.41) is 0. The van der Waals surface area contributed by atoms with Crippen LogP contribution in [0.1, 0.15) is 24.0 Å². The summed E-state index contributed by atoms with van der Waals surface area (Å²) in [4.78, 5) is 4.80. The van der Waals surface area contributed by atoms with Gasteiger partial charge >= 0.3 is 0 Å². The SMILES string of the molecule is COc1ccc(N=C2CCCc3ccccc32)cc1. The minimum Gasteiger partial charge on any atom is -0.497 e. The molecular weight excluding hydrogens is 234 g/mol. The first-order valence-electron chi connectivity index (χ1n) is 6.67. The molecule has 0 spiro atoms. The van der Waals surface area contributed by atoms with E-state index < -0.39 is 0 Å². The highest BCUT2D eigenvalue weighted by Gasteiger charge is 2.14. The lowest BCUT2D eigenvalue weighted by Crippen LogP contribution is -2.11. The maximum atomic E-state index is 5.17. The number of hydrogen-bond acceptors (Lipinski definition) is 2. The largest absolute Gasteiger partial charge is 0.497 e. The average molecular weight is 251 g/mol. The third-order valence-electron chi connectivity index (χ3n) is 3.52. The number of ether oxygens (including phenoxy) is 1. The monoisotopic (exact) mass is 251 g/mol. The van der Waals surface area contributed by atoms with Crippen molar-refractivity contribution >= 4 is 11.4 Å². The van der Waals surface area contributed by atoms with Crippen molar-refractivity contribution in [3.63, 3.8) is 0 Å². The first-order valence-corrected chi connectivity index (χ1v) is 6.67. The minimum absolute atomic E-state index is 0.869. The Morgan fingerprint density at radius 1 is 0.947 bits per heavy atom. The van der Waals surface area contributed by atoms with Crippen molar-refractivity contribution in [2.24, 2.45) is 4.99 Å². The molecule has 96 valence electrons. The molecule has 3 rings (SSSR count). The normalized spacial score (nSPS) is 16.2. The van der Waals surface area contributed by atoms with Crippen LogP contribution in [-0.4, -0.2) is 12.8 Å². The second kappa shape index (κ2) is 5.27. The smallest absolute Gasteiger partial charge is 0.119 e. The van der Waals surface area contributed by atoms with E-state index in [4.69, 9.17) is 9.73 Å². The lowest BCUT2D eigenvalue weighted by atomic mass is 9.90. The summed E-state index contributed by atoms with van der Waals surface area (Å²) in [5.41, 5.74) is 4.92. The van der Waals surface area contributed by atoms with Gasteiger partial charge in [0.05, 0.1) is 12.8 Å². The first-order chi connectivity index (χ1) is 9.36. The highest BCUT2D eigenvalue weighted by molar-refractivity contribution is 6.04. The van der Waals surface area contributed by atoms with Crippen LogP contribution in [0.5, 0.6) is 5.75 Å². The van der Waals surface area contributed by atoms with Crippen molar-refractivity contribution < 1.29 is 4.74 Å². The van der Waals surface area contributed by atoms with Crippen LogP contribution in [0, 0.1) is 0 Å². The molecule has 0 heterocycles. The van der Waals surface area contributed by atoms with E-state index in [1.54, 1.807) is 7.11 Å². The van der Waals surface area contributed by atoms with Crippen LogP contribution >= 0.6 is 0 Å². The van der Waals surface area contributed by atoms with Gasteiger partial charge in [0.2, 0.25) is 0 Å². The van der Waals surface area contributed by atoms with Crippen LogP contribution in [0.4, 0.5) is 5.69 Å². The third-order valence-corrected chi connectivity index (χ3v) is 3.52. The standard InChI is InChI=1S/C17H17NO/c1-19-15-11-9-14(10-12-15)18-17-8-4-6-13-5-2-3-7-16(13)17/h2-3,5,7,9-12H,4,6,8H2,1H3. The molecule has 0 saturated heterocycles. The number of aryl methyl sites for hydroxylation is 1. The summed E-state index contributed by atoms with van der Waals surface area (Å²) >= 11 is 0. The topological polar surface area (TPSA) is 21.6 Å². The van der Waals surface area contributed by atoms with E-state index >= 15 is 0 Å². The predicted octanol–water partition coefficient (Wildman–Crippen LogP) is 4.15. The van der Waals surface area contributed by atoms with Gasteiger partial charge in [0.1, 0.15) is 5.75 Å². The van der Waals surface area contributed by atoms with E-state index in [9.17, 15) is 0 Å². The van der Waals surface area contributed by atoms with E-state index in [0.29, 0.717) is 0 Å². The highest BCUT2D eigenvalue weighted by Crippen LogP contribution is 2.25. The average Bonchev–Trinajstić information content (AvgIpc) is 2.48. The Morgan fingerprint density at radius 3 is 2.53 bits per heavy atom. The van der Waals surface area contributed by atoms with E-state index in [1.165, 1.54) is 23.3 Å². The number of fused-ring (bicyclic) bond motifs is 1. The molecule has 2 nitrogen and oxygen atoms in total. The Balaban J connectivity index is 1.95. The van der Waals surface area contributed by atoms with Crippen molar-refractivity contribution in [2.45, 2.75) is 19.3 Å². The molecule has 0 radical (unpaired) electrons. The van der Waals surface area contributed by atoms with Gasteiger partial charge in [0, 0.05) is 5.71 Å². The quantitative estimate of drug-likeness (QED) is 0.785. The minimum atomic E-state index is 0.869. The molecule has 0 unspecified atom stereocenters. The molecule has 2 heteroatoms. The second-order valence-electron chi connectivity index (χ2n) is 4.77. The Bertz CT molecular complexity index is 599. The van der Waals surface area contributed by atoms with Gasteiger partial charge < -0.3 is 4.74 Å². The van der Waals surface area contributed by atoms with Crippen molar-refractivity contribution in [2.75, 3.05) is 7.11 Å². The van der Waals surface area contributed by atoms with Gasteiger partial charge in [-0.15, -0.1) is 0 Å². The number of hydrogen-bond donors (Lipinski definition) is 0. The van der Waals surface area contributed by atoms with Crippen molar-refractivity contribution in [1.29, 1.82) is 0 Å². The van der Waals surface area contributed by atoms with Gasteiger partial charge in [-0.2, -0.15) is 0 Å². The lowest BCUT2D eigenvalue weighted by Gasteiger charge is -2.17. The summed E-state index contributed by atoms with van der Waals surface area (Å²) < 4.78 is 5.17. The molecule has 0 N–H and O–H groups in total. The zero-order valence-electron chi connectivity index (χ0n) is 11.1. The molecule has 0 amide bonds. The molecule has 2 aromatic rings. The summed E-state index contributed by atoms with van der Waals surface area (Å²) in [7, 11) is 1.68. The second-order valence-corrected chi connectivity index (χ2v) is 4.77. The van der Waals surface area contributed by atoms with Crippen LogP contribution in [0.3, 0.4) is 0 Å². The molecule has 0 fully saturated rings.